The zero-order chi connectivity index (χ0) is 13.8. The highest BCUT2D eigenvalue weighted by Crippen LogP contribution is 2.30. The Balaban J connectivity index is 1.84. The van der Waals surface area contributed by atoms with Crippen molar-refractivity contribution in [3.63, 3.8) is 0 Å². The van der Waals surface area contributed by atoms with Gasteiger partial charge in [-0.3, -0.25) is 9.48 Å². The van der Waals surface area contributed by atoms with Gasteiger partial charge in [-0.15, -0.1) is 0 Å². The first kappa shape index (κ1) is 13.9. The number of nitrogens with zero attached hydrogens (tertiary/aromatic N) is 2. The Morgan fingerprint density at radius 1 is 1.47 bits per heavy atom. The van der Waals surface area contributed by atoms with Gasteiger partial charge in [0, 0.05) is 31.3 Å². The fourth-order valence-electron chi connectivity index (χ4n) is 2.68. The molecule has 0 bridgehead atoms. The quantitative estimate of drug-likeness (QED) is 0.854. The van der Waals surface area contributed by atoms with Gasteiger partial charge < -0.3 is 11.1 Å². The summed E-state index contributed by atoms with van der Waals surface area (Å²) in [6, 6.07) is 2.48. The number of aryl methyl sites for hydroxylation is 1. The Hall–Kier alpha value is -1.52. The van der Waals surface area contributed by atoms with E-state index >= 15 is 0 Å². The van der Waals surface area contributed by atoms with Gasteiger partial charge in [0.05, 0.1) is 0 Å². The van der Waals surface area contributed by atoms with Crippen molar-refractivity contribution in [2.24, 2.45) is 17.6 Å². The van der Waals surface area contributed by atoms with Crippen LogP contribution in [0.1, 0.15) is 39.5 Å². The highest BCUT2D eigenvalue weighted by Gasteiger charge is 2.24. The number of hydrogen-bond acceptors (Lipinski definition) is 3. The first-order chi connectivity index (χ1) is 9.04. The molecule has 0 spiro atoms. The fraction of sp³-hybridized carbons (Fsp3) is 0.714. The van der Waals surface area contributed by atoms with E-state index in [1.165, 1.54) is 19.3 Å². The molecule has 0 aliphatic heterocycles. The van der Waals surface area contributed by atoms with Crippen LogP contribution in [0.4, 0.5) is 5.82 Å². The molecule has 1 aliphatic carbocycles. The first-order valence-electron chi connectivity index (χ1n) is 7.13. The van der Waals surface area contributed by atoms with Crippen molar-refractivity contribution < 1.29 is 4.79 Å². The van der Waals surface area contributed by atoms with Crippen LogP contribution in [0, 0.1) is 11.8 Å². The minimum absolute atomic E-state index is 0.292. The largest absolute Gasteiger partial charge is 0.370 e. The van der Waals surface area contributed by atoms with E-state index in [1.54, 1.807) is 4.68 Å². The fourth-order valence-corrected chi connectivity index (χ4v) is 2.68. The second-order valence-corrected chi connectivity index (χ2v) is 5.79. The maximum atomic E-state index is 10.7. The third kappa shape index (κ3) is 3.98. The molecule has 1 aromatic heterocycles. The lowest BCUT2D eigenvalue weighted by Gasteiger charge is -2.32. The summed E-state index contributed by atoms with van der Waals surface area (Å²) >= 11 is 0. The smallest absolute Gasteiger partial charge is 0.219 e. The number of aromatic nitrogens is 2. The van der Waals surface area contributed by atoms with Crippen LogP contribution in [0.15, 0.2) is 12.3 Å². The van der Waals surface area contributed by atoms with Crippen molar-refractivity contribution in [3.8, 4) is 0 Å². The highest BCUT2D eigenvalue weighted by molar-refractivity contribution is 5.73. The average molecular weight is 264 g/mol. The van der Waals surface area contributed by atoms with Crippen LogP contribution < -0.4 is 11.1 Å². The van der Waals surface area contributed by atoms with E-state index < -0.39 is 0 Å². The number of rotatable bonds is 5. The molecule has 3 N–H and O–H groups in total. The standard InChI is InChI=1S/C14H24N4O/c1-10-3-4-12(9-11(10)2)16-14-6-8-18(17-14)7-5-13(15)19/h6,8,10-12H,3-5,7,9H2,1-2H3,(H2,15,19)(H,16,17)/t10-,11+,12+/m1/s1. The highest BCUT2D eigenvalue weighted by atomic mass is 16.1. The molecule has 1 amide bonds. The van der Waals surface area contributed by atoms with E-state index in [1.807, 2.05) is 12.3 Å². The van der Waals surface area contributed by atoms with Crippen LogP contribution in [0.3, 0.4) is 0 Å². The zero-order valence-corrected chi connectivity index (χ0v) is 11.8. The number of carbonyl (C=O) groups excluding carboxylic acids is 1. The summed E-state index contributed by atoms with van der Waals surface area (Å²) in [4.78, 5) is 10.7. The summed E-state index contributed by atoms with van der Waals surface area (Å²) in [5.41, 5.74) is 5.13. The molecule has 0 radical (unpaired) electrons. The Kier molecular flexibility index (Phi) is 4.45. The predicted molar refractivity (Wildman–Crippen MR) is 75.6 cm³/mol. The van der Waals surface area contributed by atoms with Gasteiger partial charge in [-0.05, 0) is 31.1 Å². The van der Waals surface area contributed by atoms with Gasteiger partial charge >= 0.3 is 0 Å². The predicted octanol–water partition coefficient (Wildman–Crippen LogP) is 2.00. The molecule has 1 saturated carbocycles. The van der Waals surface area contributed by atoms with Crippen molar-refractivity contribution >= 4 is 11.7 Å². The molecule has 2 rings (SSSR count). The number of anilines is 1. The van der Waals surface area contributed by atoms with Crippen LogP contribution in [-0.2, 0) is 11.3 Å². The summed E-state index contributed by atoms with van der Waals surface area (Å²) in [6.45, 7) is 5.21. The molecule has 5 heteroatoms. The Morgan fingerprint density at radius 2 is 2.26 bits per heavy atom. The van der Waals surface area contributed by atoms with Crippen molar-refractivity contribution in [1.82, 2.24) is 9.78 Å². The summed E-state index contributed by atoms with van der Waals surface area (Å²) < 4.78 is 1.77. The summed E-state index contributed by atoms with van der Waals surface area (Å²) in [5, 5.41) is 7.91. The molecular formula is C14H24N4O. The molecule has 19 heavy (non-hydrogen) atoms. The number of nitrogens with one attached hydrogen (secondary N) is 1. The summed E-state index contributed by atoms with van der Waals surface area (Å²) in [7, 11) is 0. The van der Waals surface area contributed by atoms with Crippen LogP contribution in [0.5, 0.6) is 0 Å². The molecule has 1 aliphatic rings. The molecule has 3 atom stereocenters. The number of primary amides is 1. The normalized spacial score (nSPS) is 27.2. The van der Waals surface area contributed by atoms with Crippen LogP contribution >= 0.6 is 0 Å². The minimum atomic E-state index is -0.292. The lowest BCUT2D eigenvalue weighted by Crippen LogP contribution is -2.30. The van der Waals surface area contributed by atoms with Crippen molar-refractivity contribution in [2.45, 2.75) is 52.1 Å². The van der Waals surface area contributed by atoms with Gasteiger partial charge in [-0.25, -0.2) is 0 Å². The van der Waals surface area contributed by atoms with E-state index in [4.69, 9.17) is 5.73 Å². The maximum Gasteiger partial charge on any atom is 0.219 e. The molecule has 1 fully saturated rings. The number of carbonyl (C=O) groups is 1. The van der Waals surface area contributed by atoms with Gasteiger partial charge in [-0.1, -0.05) is 13.8 Å². The minimum Gasteiger partial charge on any atom is -0.370 e. The number of nitrogens with two attached hydrogens (primary N) is 1. The average Bonchev–Trinajstić information content (AvgIpc) is 2.79. The van der Waals surface area contributed by atoms with Gasteiger partial charge in [0.1, 0.15) is 5.82 Å². The Bertz CT molecular complexity index is 429. The molecule has 5 nitrogen and oxygen atoms in total. The van der Waals surface area contributed by atoms with Crippen molar-refractivity contribution in [3.05, 3.63) is 12.3 Å². The lowest BCUT2D eigenvalue weighted by atomic mass is 9.79. The van der Waals surface area contributed by atoms with Gasteiger partial charge in [0.2, 0.25) is 5.91 Å². The van der Waals surface area contributed by atoms with E-state index in [-0.39, 0.29) is 5.91 Å². The lowest BCUT2D eigenvalue weighted by molar-refractivity contribution is -0.118. The van der Waals surface area contributed by atoms with Crippen LogP contribution in [-0.4, -0.2) is 21.7 Å². The third-order valence-corrected chi connectivity index (χ3v) is 4.18. The summed E-state index contributed by atoms with van der Waals surface area (Å²) in [5.74, 6) is 2.20. The van der Waals surface area contributed by atoms with Gasteiger partial charge in [-0.2, -0.15) is 5.10 Å². The molecule has 0 unspecified atom stereocenters. The van der Waals surface area contributed by atoms with Crippen LogP contribution in [0.25, 0.3) is 0 Å². The zero-order valence-electron chi connectivity index (χ0n) is 11.8. The molecule has 0 aromatic carbocycles. The molecule has 1 aromatic rings. The number of hydrogen-bond donors (Lipinski definition) is 2. The van der Waals surface area contributed by atoms with E-state index in [9.17, 15) is 4.79 Å². The first-order valence-corrected chi connectivity index (χ1v) is 7.13. The topological polar surface area (TPSA) is 72.9 Å². The SMILES string of the molecule is C[C@@H]1CC[C@H](Nc2ccn(CCC(N)=O)n2)C[C@@H]1C. The molecule has 0 saturated heterocycles. The molecule has 1 heterocycles. The second-order valence-electron chi connectivity index (χ2n) is 5.79. The Labute approximate surface area is 114 Å². The maximum absolute atomic E-state index is 10.7. The molecule has 106 valence electrons. The van der Waals surface area contributed by atoms with Crippen molar-refractivity contribution in [2.75, 3.05) is 5.32 Å². The van der Waals surface area contributed by atoms with Gasteiger partial charge in [0.25, 0.3) is 0 Å². The number of amides is 1. The van der Waals surface area contributed by atoms with E-state index in [0.717, 1.165) is 17.7 Å². The monoisotopic (exact) mass is 264 g/mol. The molecular weight excluding hydrogens is 240 g/mol. The Morgan fingerprint density at radius 3 is 2.95 bits per heavy atom. The summed E-state index contributed by atoms with van der Waals surface area (Å²) in [6.07, 6.45) is 5.91. The van der Waals surface area contributed by atoms with Crippen molar-refractivity contribution in [1.29, 1.82) is 0 Å². The third-order valence-electron chi connectivity index (χ3n) is 4.18. The van der Waals surface area contributed by atoms with Crippen LogP contribution in [0.2, 0.25) is 0 Å². The van der Waals surface area contributed by atoms with Gasteiger partial charge in [0.15, 0.2) is 0 Å². The van der Waals surface area contributed by atoms with E-state index in [2.05, 4.69) is 24.3 Å². The van der Waals surface area contributed by atoms with E-state index in [0.29, 0.717) is 19.0 Å². The second kappa shape index (κ2) is 6.08.